The second-order valence-electron chi connectivity index (χ2n) is 2.55. The summed E-state index contributed by atoms with van der Waals surface area (Å²) >= 11 is 16.3. The minimum atomic E-state index is -1.57. The van der Waals surface area contributed by atoms with Crippen molar-refractivity contribution in [2.45, 2.75) is 36.1 Å². The van der Waals surface area contributed by atoms with Gasteiger partial charge in [0.05, 0.1) is 0 Å². The van der Waals surface area contributed by atoms with E-state index in [-0.39, 0.29) is 0 Å². The Hall–Kier alpha value is 0.570. The van der Waals surface area contributed by atoms with Gasteiger partial charge in [-0.05, 0) is 12.8 Å². The number of allylic oxidation sites excluding steroid dienone is 1. The van der Waals surface area contributed by atoms with Gasteiger partial charge in [0.15, 0.2) is 0 Å². The van der Waals surface area contributed by atoms with Crippen molar-refractivity contribution < 1.29 is 5.11 Å². The first-order valence-corrected chi connectivity index (χ1v) is 5.01. The van der Waals surface area contributed by atoms with Gasteiger partial charge in [-0.15, -0.1) is 0 Å². The Labute approximate surface area is 88.3 Å². The topological polar surface area (TPSA) is 20.2 Å². The predicted molar refractivity (Wildman–Crippen MR) is 55.0 cm³/mol. The fraction of sp³-hybridized carbons (Fsp3) is 0.750. The minimum Gasteiger partial charge on any atom is -0.388 e. The third-order valence-electron chi connectivity index (χ3n) is 1.36. The van der Waals surface area contributed by atoms with Crippen LogP contribution in [0.2, 0.25) is 0 Å². The molecule has 0 aliphatic carbocycles. The van der Waals surface area contributed by atoms with E-state index < -0.39 is 9.90 Å². The molecule has 0 heterocycles. The molecule has 4 heteroatoms. The lowest BCUT2D eigenvalue weighted by Crippen LogP contribution is -2.24. The van der Waals surface area contributed by atoms with Gasteiger partial charge < -0.3 is 5.11 Å². The van der Waals surface area contributed by atoms with Crippen LogP contribution in [0.4, 0.5) is 0 Å². The van der Waals surface area contributed by atoms with E-state index in [1.807, 2.05) is 12.2 Å². The monoisotopic (exact) mass is 230 g/mol. The summed E-state index contributed by atoms with van der Waals surface area (Å²) in [5.41, 5.74) is 0. The molecule has 1 atom stereocenters. The van der Waals surface area contributed by atoms with Gasteiger partial charge in [0, 0.05) is 0 Å². The van der Waals surface area contributed by atoms with E-state index in [0.29, 0.717) is 6.42 Å². The molecule has 0 saturated carbocycles. The van der Waals surface area contributed by atoms with E-state index in [1.54, 1.807) is 0 Å². The van der Waals surface area contributed by atoms with Crippen molar-refractivity contribution in [2.24, 2.45) is 0 Å². The molecule has 1 nitrogen and oxygen atoms in total. The molecule has 12 heavy (non-hydrogen) atoms. The Morgan fingerprint density at radius 3 is 2.33 bits per heavy atom. The molecule has 0 bridgehead atoms. The fourth-order valence-electron chi connectivity index (χ4n) is 0.643. The van der Waals surface area contributed by atoms with Gasteiger partial charge >= 0.3 is 0 Å². The molecule has 0 spiro atoms. The van der Waals surface area contributed by atoms with Crippen molar-refractivity contribution in [1.29, 1.82) is 0 Å². The number of halogens is 3. The Bertz CT molecular complexity index is 140. The van der Waals surface area contributed by atoms with Crippen molar-refractivity contribution in [3.63, 3.8) is 0 Å². The van der Waals surface area contributed by atoms with Crippen LogP contribution in [-0.2, 0) is 0 Å². The van der Waals surface area contributed by atoms with Gasteiger partial charge in [0.25, 0.3) is 0 Å². The standard InChI is InChI=1S/C8H13Cl3O/c1-2-3-4-5-6-7(12)8(9,10)11/h4-5,7,12H,2-3,6H2,1H3/b5-4+. The van der Waals surface area contributed by atoms with Gasteiger partial charge in [-0.2, -0.15) is 0 Å². The molecule has 0 fully saturated rings. The molecule has 1 N–H and O–H groups in total. The van der Waals surface area contributed by atoms with E-state index >= 15 is 0 Å². The molecule has 0 aromatic rings. The zero-order valence-electron chi connectivity index (χ0n) is 6.93. The van der Waals surface area contributed by atoms with Gasteiger partial charge in [-0.1, -0.05) is 60.3 Å². The average Bonchev–Trinajstić information content (AvgIpc) is 1.96. The van der Waals surface area contributed by atoms with Gasteiger partial charge in [-0.3, -0.25) is 0 Å². The first kappa shape index (κ1) is 12.6. The zero-order chi connectivity index (χ0) is 9.61. The highest BCUT2D eigenvalue weighted by atomic mass is 35.6. The summed E-state index contributed by atoms with van der Waals surface area (Å²) in [5, 5.41) is 9.24. The minimum absolute atomic E-state index is 0.385. The third-order valence-corrected chi connectivity index (χ3v) is 2.11. The number of rotatable bonds is 4. The van der Waals surface area contributed by atoms with Gasteiger partial charge in [-0.25, -0.2) is 0 Å². The number of alkyl halides is 3. The molecule has 0 saturated heterocycles. The van der Waals surface area contributed by atoms with Crippen LogP contribution in [0.25, 0.3) is 0 Å². The molecule has 0 aromatic carbocycles. The van der Waals surface area contributed by atoms with E-state index in [1.165, 1.54) is 0 Å². The Kier molecular flexibility index (Phi) is 6.38. The fourth-order valence-corrected chi connectivity index (χ4v) is 0.911. The Balaban J connectivity index is 3.64. The normalized spacial score (nSPS) is 15.4. The maximum Gasteiger partial charge on any atom is 0.216 e. The Morgan fingerprint density at radius 1 is 1.33 bits per heavy atom. The molecule has 0 aliphatic heterocycles. The summed E-state index contributed by atoms with van der Waals surface area (Å²) in [7, 11) is 0. The van der Waals surface area contributed by atoms with Crippen LogP contribution in [0.5, 0.6) is 0 Å². The molecule has 0 aromatic heterocycles. The second kappa shape index (κ2) is 6.09. The number of aliphatic hydroxyl groups is 1. The highest BCUT2D eigenvalue weighted by Gasteiger charge is 2.29. The molecular formula is C8H13Cl3O. The quantitative estimate of drug-likeness (QED) is 0.580. The summed E-state index contributed by atoms with van der Waals surface area (Å²) in [6, 6.07) is 0. The first-order valence-electron chi connectivity index (χ1n) is 3.88. The number of unbranched alkanes of at least 4 members (excludes halogenated alkanes) is 1. The maximum absolute atomic E-state index is 9.24. The summed E-state index contributed by atoms with van der Waals surface area (Å²) in [6.45, 7) is 2.08. The van der Waals surface area contributed by atoms with Gasteiger partial charge in [0.2, 0.25) is 3.79 Å². The van der Waals surface area contributed by atoms with Crippen molar-refractivity contribution in [3.05, 3.63) is 12.2 Å². The van der Waals surface area contributed by atoms with Crippen LogP contribution in [0, 0.1) is 0 Å². The SMILES string of the molecule is CCC/C=C/CC(O)C(Cl)(Cl)Cl. The summed E-state index contributed by atoms with van der Waals surface area (Å²) in [6.07, 6.45) is 5.34. The largest absolute Gasteiger partial charge is 0.388 e. The van der Waals surface area contributed by atoms with E-state index in [4.69, 9.17) is 34.8 Å². The van der Waals surface area contributed by atoms with Crippen LogP contribution in [0.15, 0.2) is 12.2 Å². The molecular weight excluding hydrogens is 218 g/mol. The smallest absolute Gasteiger partial charge is 0.216 e. The number of hydrogen-bond donors (Lipinski definition) is 1. The lowest BCUT2D eigenvalue weighted by Gasteiger charge is -2.16. The molecule has 0 radical (unpaired) electrons. The van der Waals surface area contributed by atoms with E-state index in [0.717, 1.165) is 12.8 Å². The van der Waals surface area contributed by atoms with Crippen LogP contribution in [0.1, 0.15) is 26.2 Å². The molecule has 72 valence electrons. The van der Waals surface area contributed by atoms with Crippen LogP contribution >= 0.6 is 34.8 Å². The lowest BCUT2D eigenvalue weighted by molar-refractivity contribution is 0.182. The first-order chi connectivity index (χ1) is 5.48. The molecule has 0 amide bonds. The van der Waals surface area contributed by atoms with Crippen molar-refractivity contribution in [3.8, 4) is 0 Å². The molecule has 0 rings (SSSR count). The highest BCUT2D eigenvalue weighted by molar-refractivity contribution is 6.68. The number of hydrogen-bond acceptors (Lipinski definition) is 1. The van der Waals surface area contributed by atoms with Crippen molar-refractivity contribution in [2.75, 3.05) is 0 Å². The summed E-state index contributed by atoms with van der Waals surface area (Å²) in [5.74, 6) is 0. The number of aliphatic hydroxyl groups excluding tert-OH is 1. The van der Waals surface area contributed by atoms with E-state index in [9.17, 15) is 5.11 Å². The molecule has 0 aliphatic rings. The van der Waals surface area contributed by atoms with Crippen LogP contribution in [-0.4, -0.2) is 15.0 Å². The van der Waals surface area contributed by atoms with Crippen LogP contribution in [0.3, 0.4) is 0 Å². The van der Waals surface area contributed by atoms with Crippen LogP contribution < -0.4 is 0 Å². The molecule has 1 unspecified atom stereocenters. The van der Waals surface area contributed by atoms with Gasteiger partial charge in [0.1, 0.15) is 6.10 Å². The lowest BCUT2D eigenvalue weighted by atomic mass is 10.2. The zero-order valence-corrected chi connectivity index (χ0v) is 9.20. The van der Waals surface area contributed by atoms with E-state index in [2.05, 4.69) is 6.92 Å². The average molecular weight is 232 g/mol. The van der Waals surface area contributed by atoms with Crippen molar-refractivity contribution >= 4 is 34.8 Å². The third kappa shape index (κ3) is 6.13. The summed E-state index contributed by atoms with van der Waals surface area (Å²) < 4.78 is -1.57. The highest BCUT2D eigenvalue weighted by Crippen LogP contribution is 2.31. The van der Waals surface area contributed by atoms with Crippen molar-refractivity contribution in [1.82, 2.24) is 0 Å². The second-order valence-corrected chi connectivity index (χ2v) is 4.92. The summed E-state index contributed by atoms with van der Waals surface area (Å²) in [4.78, 5) is 0. The maximum atomic E-state index is 9.24. The predicted octanol–water partition coefficient (Wildman–Crippen LogP) is 3.46. The Morgan fingerprint density at radius 2 is 1.92 bits per heavy atom.